The first kappa shape index (κ1) is 12.7. The summed E-state index contributed by atoms with van der Waals surface area (Å²) < 4.78 is 5.44. The Morgan fingerprint density at radius 3 is 2.18 bits per heavy atom. The van der Waals surface area contributed by atoms with E-state index in [1.807, 2.05) is 25.7 Å². The van der Waals surface area contributed by atoms with Crippen LogP contribution in [0.3, 0.4) is 0 Å². The van der Waals surface area contributed by atoms with Gasteiger partial charge in [-0.1, -0.05) is 0 Å². The molecule has 2 bridgehead atoms. The van der Waals surface area contributed by atoms with Gasteiger partial charge in [0.2, 0.25) is 0 Å². The summed E-state index contributed by atoms with van der Waals surface area (Å²) in [5.74, 6) is 0. The normalized spacial score (nSPS) is 29.2. The summed E-state index contributed by atoms with van der Waals surface area (Å²) in [5.41, 5.74) is -0.390. The first-order chi connectivity index (χ1) is 7.78. The van der Waals surface area contributed by atoms with Crippen molar-refractivity contribution >= 4 is 6.09 Å². The van der Waals surface area contributed by atoms with Gasteiger partial charge in [0.1, 0.15) is 5.60 Å². The van der Waals surface area contributed by atoms with Gasteiger partial charge in [0.15, 0.2) is 0 Å². The third kappa shape index (κ3) is 2.57. The second kappa shape index (κ2) is 4.16. The minimum Gasteiger partial charge on any atom is -0.444 e. The molecule has 0 saturated carbocycles. The maximum Gasteiger partial charge on any atom is 0.410 e. The Bertz CT molecular complexity index is 297. The monoisotopic (exact) mass is 240 g/mol. The Labute approximate surface area is 104 Å². The number of nitrogens with zero attached hydrogens (tertiary/aromatic N) is 2. The fourth-order valence-corrected chi connectivity index (χ4v) is 2.68. The highest BCUT2D eigenvalue weighted by molar-refractivity contribution is 5.70. The maximum atomic E-state index is 12.0. The number of hydrogen-bond acceptors (Lipinski definition) is 3. The lowest BCUT2D eigenvalue weighted by Crippen LogP contribution is -2.71. The van der Waals surface area contributed by atoms with Crippen LogP contribution < -0.4 is 0 Å². The van der Waals surface area contributed by atoms with Crippen LogP contribution in [0.5, 0.6) is 0 Å². The van der Waals surface area contributed by atoms with Crippen molar-refractivity contribution in [3.05, 3.63) is 0 Å². The van der Waals surface area contributed by atoms with Gasteiger partial charge in [-0.15, -0.1) is 0 Å². The SMILES string of the molecule is CC(C)N1CC2CC(C1)N2C(=O)OC(C)(C)C. The summed E-state index contributed by atoms with van der Waals surface area (Å²) >= 11 is 0. The summed E-state index contributed by atoms with van der Waals surface area (Å²) in [6.45, 7) is 12.2. The van der Waals surface area contributed by atoms with Gasteiger partial charge in [-0.2, -0.15) is 0 Å². The Kier molecular flexibility index (Phi) is 3.10. The molecule has 3 aliphatic heterocycles. The number of fused-ring (bicyclic) bond motifs is 2. The second-order valence-corrected chi connectivity index (χ2v) is 6.48. The van der Waals surface area contributed by atoms with Crippen LogP contribution in [0.15, 0.2) is 0 Å². The molecule has 3 aliphatic rings. The Morgan fingerprint density at radius 2 is 1.76 bits per heavy atom. The molecule has 0 N–H and O–H groups in total. The van der Waals surface area contributed by atoms with Crippen molar-refractivity contribution in [3.8, 4) is 0 Å². The number of carbonyl (C=O) groups excluding carboxylic acids is 1. The zero-order chi connectivity index (χ0) is 12.8. The fourth-order valence-electron chi connectivity index (χ4n) is 2.68. The largest absolute Gasteiger partial charge is 0.444 e. The van der Waals surface area contributed by atoms with Gasteiger partial charge in [0.05, 0.1) is 12.1 Å². The van der Waals surface area contributed by atoms with E-state index in [4.69, 9.17) is 4.74 Å². The van der Waals surface area contributed by atoms with Gasteiger partial charge < -0.3 is 4.74 Å². The molecule has 0 aromatic rings. The molecule has 0 aromatic heterocycles. The Morgan fingerprint density at radius 1 is 1.24 bits per heavy atom. The summed E-state index contributed by atoms with van der Waals surface area (Å²) in [6.07, 6.45) is 1.00. The number of piperazine rings is 1. The minimum atomic E-state index is -0.390. The lowest BCUT2D eigenvalue weighted by molar-refractivity contribution is -0.0827. The van der Waals surface area contributed by atoms with E-state index in [0.717, 1.165) is 19.5 Å². The predicted molar refractivity (Wildman–Crippen MR) is 67.0 cm³/mol. The lowest BCUT2D eigenvalue weighted by Gasteiger charge is -2.56. The number of rotatable bonds is 1. The first-order valence-corrected chi connectivity index (χ1v) is 6.53. The summed E-state index contributed by atoms with van der Waals surface area (Å²) in [4.78, 5) is 16.4. The first-order valence-electron chi connectivity index (χ1n) is 6.53. The standard InChI is InChI=1S/C13H24N2O2/c1-9(2)14-7-10-6-11(8-14)15(10)12(16)17-13(3,4)5/h9-11H,6-8H2,1-5H3. The van der Waals surface area contributed by atoms with Crippen LogP contribution in [0.2, 0.25) is 0 Å². The van der Waals surface area contributed by atoms with Gasteiger partial charge in [0.25, 0.3) is 0 Å². The van der Waals surface area contributed by atoms with Crippen molar-refractivity contribution in [2.75, 3.05) is 13.1 Å². The minimum absolute atomic E-state index is 0.137. The van der Waals surface area contributed by atoms with E-state index in [0.29, 0.717) is 18.1 Å². The highest BCUT2D eigenvalue weighted by Crippen LogP contribution is 2.34. The maximum absolute atomic E-state index is 12.0. The molecule has 3 fully saturated rings. The van der Waals surface area contributed by atoms with E-state index >= 15 is 0 Å². The van der Waals surface area contributed by atoms with Crippen LogP contribution in [0.25, 0.3) is 0 Å². The summed E-state index contributed by atoms with van der Waals surface area (Å²) in [6, 6.07) is 1.30. The summed E-state index contributed by atoms with van der Waals surface area (Å²) in [7, 11) is 0. The van der Waals surface area contributed by atoms with Crippen LogP contribution in [0, 0.1) is 0 Å². The molecule has 4 nitrogen and oxygen atoms in total. The van der Waals surface area contributed by atoms with Gasteiger partial charge in [0, 0.05) is 19.1 Å². The lowest BCUT2D eigenvalue weighted by atomic mass is 9.87. The molecule has 0 aromatic carbocycles. The van der Waals surface area contributed by atoms with Crippen LogP contribution in [-0.2, 0) is 4.74 Å². The number of piperidine rings is 1. The molecule has 3 saturated heterocycles. The number of ether oxygens (including phenoxy) is 1. The van der Waals surface area contributed by atoms with Gasteiger partial charge in [-0.3, -0.25) is 9.80 Å². The van der Waals surface area contributed by atoms with E-state index in [-0.39, 0.29) is 6.09 Å². The molecule has 0 aliphatic carbocycles. The summed E-state index contributed by atoms with van der Waals surface area (Å²) in [5, 5.41) is 0. The van der Waals surface area contributed by atoms with Gasteiger partial charge in [-0.25, -0.2) is 4.79 Å². The molecule has 2 atom stereocenters. The number of hydrogen-bond donors (Lipinski definition) is 0. The molecule has 17 heavy (non-hydrogen) atoms. The molecule has 3 rings (SSSR count). The second-order valence-electron chi connectivity index (χ2n) is 6.48. The number of carbonyl (C=O) groups is 1. The highest BCUT2D eigenvalue weighted by atomic mass is 16.6. The average molecular weight is 240 g/mol. The van der Waals surface area contributed by atoms with Gasteiger partial charge in [-0.05, 0) is 41.0 Å². The zero-order valence-corrected chi connectivity index (χ0v) is 11.6. The van der Waals surface area contributed by atoms with Crippen LogP contribution in [-0.4, -0.2) is 52.7 Å². The molecule has 98 valence electrons. The topological polar surface area (TPSA) is 32.8 Å². The van der Waals surface area contributed by atoms with Crippen molar-refractivity contribution in [1.82, 2.24) is 9.80 Å². The van der Waals surface area contributed by atoms with Crippen molar-refractivity contribution in [2.45, 2.75) is 64.8 Å². The predicted octanol–water partition coefficient (Wildman–Crippen LogP) is 2.09. The number of amides is 1. The van der Waals surface area contributed by atoms with Crippen LogP contribution in [0.1, 0.15) is 41.0 Å². The molecule has 0 radical (unpaired) electrons. The third-order valence-electron chi connectivity index (χ3n) is 3.56. The van der Waals surface area contributed by atoms with E-state index < -0.39 is 5.60 Å². The third-order valence-corrected chi connectivity index (χ3v) is 3.56. The van der Waals surface area contributed by atoms with Crippen molar-refractivity contribution in [3.63, 3.8) is 0 Å². The molecule has 1 amide bonds. The average Bonchev–Trinajstić information content (AvgIpc) is 2.14. The zero-order valence-electron chi connectivity index (χ0n) is 11.6. The van der Waals surface area contributed by atoms with Crippen molar-refractivity contribution < 1.29 is 9.53 Å². The molecule has 4 heteroatoms. The Hall–Kier alpha value is -0.770. The molecular formula is C13H24N2O2. The van der Waals surface area contributed by atoms with E-state index in [9.17, 15) is 4.79 Å². The van der Waals surface area contributed by atoms with Crippen molar-refractivity contribution in [1.29, 1.82) is 0 Å². The van der Waals surface area contributed by atoms with E-state index in [1.165, 1.54) is 0 Å². The highest BCUT2D eigenvalue weighted by Gasteiger charge is 2.48. The smallest absolute Gasteiger partial charge is 0.410 e. The van der Waals surface area contributed by atoms with E-state index in [1.54, 1.807) is 0 Å². The Balaban J connectivity index is 1.92. The molecule has 0 spiro atoms. The molecular weight excluding hydrogens is 216 g/mol. The van der Waals surface area contributed by atoms with Crippen LogP contribution >= 0.6 is 0 Å². The quantitative estimate of drug-likeness (QED) is 0.703. The molecule has 3 heterocycles. The molecule has 2 unspecified atom stereocenters. The van der Waals surface area contributed by atoms with Crippen LogP contribution in [0.4, 0.5) is 4.79 Å². The fraction of sp³-hybridized carbons (Fsp3) is 0.923. The van der Waals surface area contributed by atoms with E-state index in [2.05, 4.69) is 18.7 Å². The van der Waals surface area contributed by atoms with Gasteiger partial charge >= 0.3 is 6.09 Å². The van der Waals surface area contributed by atoms with Crippen molar-refractivity contribution in [2.24, 2.45) is 0 Å².